The maximum Gasteiger partial charge on any atom is 0.416 e. The summed E-state index contributed by atoms with van der Waals surface area (Å²) in [6.45, 7) is 0. The van der Waals surface area contributed by atoms with Crippen molar-refractivity contribution in [1.82, 2.24) is 0 Å². The number of carboxylic acid groups (broad SMARTS) is 1. The predicted octanol–water partition coefficient (Wildman–Crippen LogP) is 6.11. The van der Waals surface area contributed by atoms with Crippen LogP contribution < -0.4 is 0 Å². The minimum Gasteiger partial charge on any atom is -0.478 e. The second-order valence-electron chi connectivity index (χ2n) is 5.40. The van der Waals surface area contributed by atoms with Crippen molar-refractivity contribution in [3.63, 3.8) is 0 Å². The van der Waals surface area contributed by atoms with Gasteiger partial charge in [0.1, 0.15) is 0 Å². The van der Waals surface area contributed by atoms with E-state index in [1.54, 1.807) is 0 Å². The van der Waals surface area contributed by atoms with Gasteiger partial charge in [0.15, 0.2) is 0 Å². The molecule has 0 aliphatic heterocycles. The van der Waals surface area contributed by atoms with Crippen LogP contribution in [0.1, 0.15) is 27.0 Å². The molecule has 0 saturated heterocycles. The molecule has 0 fully saturated rings. The fraction of sp³-hybridized carbons (Fsp3) is 0.188. The monoisotopic (exact) mass is 402 g/mol. The molecule has 146 valence electrons. The Bertz CT molecular complexity index is 845. The molecule has 0 bridgehead atoms. The lowest BCUT2D eigenvalue weighted by Crippen LogP contribution is -2.11. The molecule has 0 atom stereocenters. The van der Waals surface area contributed by atoms with Gasteiger partial charge in [0.05, 0.1) is 22.3 Å². The summed E-state index contributed by atoms with van der Waals surface area (Å²) in [7, 11) is 0. The van der Waals surface area contributed by atoms with Gasteiger partial charge in [0.25, 0.3) is 0 Å². The van der Waals surface area contributed by atoms with E-state index in [-0.39, 0.29) is 30.3 Å². The highest BCUT2D eigenvalue weighted by molar-refractivity contribution is 5.90. The molecular formula is C16H7F9O2. The first-order chi connectivity index (χ1) is 12.1. The summed E-state index contributed by atoms with van der Waals surface area (Å²) >= 11 is 0. The average molecular weight is 402 g/mol. The fourth-order valence-corrected chi connectivity index (χ4v) is 2.20. The van der Waals surface area contributed by atoms with Crippen LogP contribution in [0.5, 0.6) is 0 Å². The molecule has 2 aromatic carbocycles. The van der Waals surface area contributed by atoms with E-state index >= 15 is 0 Å². The topological polar surface area (TPSA) is 37.3 Å². The van der Waals surface area contributed by atoms with E-state index in [4.69, 9.17) is 5.11 Å². The maximum atomic E-state index is 12.9. The van der Waals surface area contributed by atoms with Crippen molar-refractivity contribution in [2.24, 2.45) is 0 Å². The van der Waals surface area contributed by atoms with Crippen molar-refractivity contribution in [3.05, 3.63) is 58.7 Å². The van der Waals surface area contributed by atoms with Gasteiger partial charge >= 0.3 is 24.5 Å². The molecule has 2 rings (SSSR count). The molecule has 27 heavy (non-hydrogen) atoms. The van der Waals surface area contributed by atoms with Crippen molar-refractivity contribution in [2.45, 2.75) is 18.5 Å². The quantitative estimate of drug-likeness (QED) is 0.616. The summed E-state index contributed by atoms with van der Waals surface area (Å²) in [6, 6.07) is 1.32. The summed E-state index contributed by atoms with van der Waals surface area (Å²) in [5.74, 6) is -1.83. The average Bonchev–Trinajstić information content (AvgIpc) is 2.51. The molecule has 0 heterocycles. The van der Waals surface area contributed by atoms with Crippen LogP contribution in [-0.4, -0.2) is 11.1 Å². The van der Waals surface area contributed by atoms with E-state index in [1.165, 1.54) is 0 Å². The van der Waals surface area contributed by atoms with Crippen LogP contribution in [0.3, 0.4) is 0 Å². The van der Waals surface area contributed by atoms with Crippen LogP contribution in [-0.2, 0) is 18.5 Å². The highest BCUT2D eigenvalue weighted by Gasteiger charge is 2.37. The minimum absolute atomic E-state index is 0.185. The van der Waals surface area contributed by atoms with E-state index in [1.807, 2.05) is 0 Å². The van der Waals surface area contributed by atoms with Gasteiger partial charge in [-0.05, 0) is 47.5 Å². The van der Waals surface area contributed by atoms with Gasteiger partial charge < -0.3 is 5.11 Å². The molecular weight excluding hydrogens is 395 g/mol. The largest absolute Gasteiger partial charge is 0.478 e. The summed E-state index contributed by atoms with van der Waals surface area (Å²) in [6.07, 6.45) is -15.5. The molecule has 0 unspecified atom stereocenters. The normalized spacial score (nSPS) is 12.9. The number of hydrogen-bond donors (Lipinski definition) is 1. The van der Waals surface area contributed by atoms with Crippen molar-refractivity contribution >= 4 is 5.97 Å². The second-order valence-corrected chi connectivity index (χ2v) is 5.40. The standard InChI is InChI=1S/C16H7F9O2/c17-14(18,19)10-2-7(1-9(5-10)13(26)27)8-3-11(15(20,21)22)6-12(4-8)16(23,24)25/h1-6H,(H,26,27). The molecule has 2 nitrogen and oxygen atoms in total. The second kappa shape index (κ2) is 6.46. The first-order valence-electron chi connectivity index (χ1n) is 6.84. The number of aromatic carboxylic acids is 1. The molecule has 0 saturated carbocycles. The molecule has 0 aliphatic carbocycles. The van der Waals surface area contributed by atoms with Crippen LogP contribution in [0.2, 0.25) is 0 Å². The molecule has 11 heteroatoms. The van der Waals surface area contributed by atoms with Gasteiger partial charge in [-0.3, -0.25) is 0 Å². The first-order valence-corrected chi connectivity index (χ1v) is 6.84. The predicted molar refractivity (Wildman–Crippen MR) is 73.8 cm³/mol. The van der Waals surface area contributed by atoms with E-state index in [0.29, 0.717) is 6.07 Å². The minimum atomic E-state index is -5.20. The summed E-state index contributed by atoms with van der Waals surface area (Å²) in [5.41, 5.74) is -7.54. The molecule has 0 spiro atoms. The maximum absolute atomic E-state index is 12.9. The zero-order valence-corrected chi connectivity index (χ0v) is 12.7. The summed E-state index contributed by atoms with van der Waals surface area (Å²) in [4.78, 5) is 11.0. The lowest BCUT2D eigenvalue weighted by molar-refractivity contribution is -0.143. The summed E-state index contributed by atoms with van der Waals surface area (Å²) < 4.78 is 116. The zero-order valence-electron chi connectivity index (χ0n) is 12.7. The van der Waals surface area contributed by atoms with Crippen molar-refractivity contribution in [3.8, 4) is 11.1 Å². The van der Waals surface area contributed by atoms with Crippen molar-refractivity contribution in [2.75, 3.05) is 0 Å². The third kappa shape index (κ3) is 4.72. The third-order valence-electron chi connectivity index (χ3n) is 3.43. The van der Waals surface area contributed by atoms with Gasteiger partial charge in [0, 0.05) is 0 Å². The van der Waals surface area contributed by atoms with Crippen LogP contribution in [0.4, 0.5) is 39.5 Å². The highest BCUT2D eigenvalue weighted by atomic mass is 19.4. The highest BCUT2D eigenvalue weighted by Crippen LogP contribution is 2.40. The van der Waals surface area contributed by atoms with Gasteiger partial charge in [0.2, 0.25) is 0 Å². The van der Waals surface area contributed by atoms with Crippen LogP contribution in [0, 0.1) is 0 Å². The Hall–Kier alpha value is -2.72. The molecule has 0 radical (unpaired) electrons. The first kappa shape index (κ1) is 20.6. The van der Waals surface area contributed by atoms with Crippen molar-refractivity contribution < 1.29 is 49.4 Å². The zero-order chi connectivity index (χ0) is 20.8. The number of hydrogen-bond acceptors (Lipinski definition) is 1. The van der Waals surface area contributed by atoms with Crippen LogP contribution in [0.25, 0.3) is 11.1 Å². The van der Waals surface area contributed by atoms with Crippen LogP contribution in [0.15, 0.2) is 36.4 Å². The van der Waals surface area contributed by atoms with Gasteiger partial charge in [-0.25, -0.2) is 4.79 Å². The number of carboxylic acids is 1. The molecule has 2 aromatic rings. The van der Waals surface area contributed by atoms with E-state index in [0.717, 1.165) is 0 Å². The Morgan fingerprint density at radius 1 is 0.593 bits per heavy atom. The number of rotatable bonds is 2. The van der Waals surface area contributed by atoms with Crippen LogP contribution >= 0.6 is 0 Å². The molecule has 1 N–H and O–H groups in total. The Balaban J connectivity index is 2.80. The van der Waals surface area contributed by atoms with E-state index in [2.05, 4.69) is 0 Å². The lowest BCUT2D eigenvalue weighted by Gasteiger charge is -2.16. The third-order valence-corrected chi connectivity index (χ3v) is 3.43. The Kier molecular flexibility index (Phi) is 4.93. The molecule has 0 amide bonds. The Morgan fingerprint density at radius 2 is 0.926 bits per heavy atom. The van der Waals surface area contributed by atoms with Gasteiger partial charge in [-0.2, -0.15) is 39.5 Å². The summed E-state index contributed by atoms with van der Waals surface area (Å²) in [5, 5.41) is 8.89. The molecule has 0 aliphatic rings. The van der Waals surface area contributed by atoms with Crippen molar-refractivity contribution in [1.29, 1.82) is 0 Å². The van der Waals surface area contributed by atoms with E-state index < -0.39 is 57.9 Å². The Labute approximate surface area is 144 Å². The molecule has 0 aromatic heterocycles. The SMILES string of the molecule is O=C(O)c1cc(-c2cc(C(F)(F)F)cc(C(F)(F)F)c2)cc(C(F)(F)F)c1. The number of carbonyl (C=O) groups is 1. The van der Waals surface area contributed by atoms with Gasteiger partial charge in [-0.15, -0.1) is 0 Å². The van der Waals surface area contributed by atoms with Gasteiger partial charge in [-0.1, -0.05) is 0 Å². The fourth-order valence-electron chi connectivity index (χ4n) is 2.20. The van der Waals surface area contributed by atoms with E-state index in [9.17, 15) is 44.3 Å². The Morgan fingerprint density at radius 3 is 1.26 bits per heavy atom. The number of alkyl halides is 9. The smallest absolute Gasteiger partial charge is 0.416 e. The number of benzene rings is 2. The lowest BCUT2D eigenvalue weighted by atomic mass is 9.95. The number of halogens is 9.